The summed E-state index contributed by atoms with van der Waals surface area (Å²) in [5, 5.41) is 17.8. The largest absolute Gasteiger partial charge is 0.476 e. The molecule has 2 aromatic rings. The number of anilines is 1. The van der Waals surface area contributed by atoms with Crippen LogP contribution in [-0.4, -0.2) is 28.1 Å². The van der Waals surface area contributed by atoms with Crippen LogP contribution in [0.2, 0.25) is 0 Å². The molecule has 0 saturated heterocycles. The molecular weight excluding hydrogens is 256 g/mol. The van der Waals surface area contributed by atoms with Gasteiger partial charge in [-0.15, -0.1) is 0 Å². The van der Waals surface area contributed by atoms with E-state index in [1.165, 1.54) is 12.4 Å². The van der Waals surface area contributed by atoms with Crippen LogP contribution < -0.4 is 4.90 Å². The third kappa shape index (κ3) is 3.09. The van der Waals surface area contributed by atoms with Crippen LogP contribution in [0.3, 0.4) is 0 Å². The van der Waals surface area contributed by atoms with E-state index in [-0.39, 0.29) is 5.69 Å². The second-order valence-corrected chi connectivity index (χ2v) is 4.24. The van der Waals surface area contributed by atoms with Crippen LogP contribution in [0.25, 0.3) is 0 Å². The first-order valence-electron chi connectivity index (χ1n) is 5.85. The Kier molecular flexibility index (Phi) is 3.91. The zero-order chi connectivity index (χ0) is 14.5. The lowest BCUT2D eigenvalue weighted by atomic mass is 10.1. The Labute approximate surface area is 115 Å². The summed E-state index contributed by atoms with van der Waals surface area (Å²) in [7, 11) is 1.79. The molecule has 6 nitrogen and oxygen atoms in total. The number of hydrogen-bond donors (Lipinski definition) is 1. The van der Waals surface area contributed by atoms with Crippen molar-refractivity contribution in [1.29, 1.82) is 5.26 Å². The molecule has 1 aromatic heterocycles. The Morgan fingerprint density at radius 1 is 1.45 bits per heavy atom. The predicted molar refractivity (Wildman–Crippen MR) is 72.3 cm³/mol. The summed E-state index contributed by atoms with van der Waals surface area (Å²) in [6.07, 6.45) is 2.70. The van der Waals surface area contributed by atoms with Crippen LogP contribution in [0, 0.1) is 11.3 Å². The van der Waals surface area contributed by atoms with E-state index in [0.717, 1.165) is 5.56 Å². The van der Waals surface area contributed by atoms with Gasteiger partial charge < -0.3 is 10.0 Å². The van der Waals surface area contributed by atoms with E-state index in [9.17, 15) is 4.79 Å². The molecule has 100 valence electrons. The fourth-order valence-corrected chi connectivity index (χ4v) is 1.74. The van der Waals surface area contributed by atoms with Gasteiger partial charge in [0.05, 0.1) is 24.0 Å². The number of hydrogen-bond acceptors (Lipinski definition) is 5. The lowest BCUT2D eigenvalue weighted by Crippen LogP contribution is -2.19. The van der Waals surface area contributed by atoms with Crippen molar-refractivity contribution in [2.75, 3.05) is 11.9 Å². The number of carboxylic acid groups (broad SMARTS) is 1. The van der Waals surface area contributed by atoms with Gasteiger partial charge in [0.15, 0.2) is 5.69 Å². The van der Waals surface area contributed by atoms with Gasteiger partial charge in [0.25, 0.3) is 0 Å². The van der Waals surface area contributed by atoms with Crippen molar-refractivity contribution in [2.24, 2.45) is 0 Å². The van der Waals surface area contributed by atoms with E-state index in [1.54, 1.807) is 30.1 Å². The number of rotatable bonds is 4. The molecule has 0 spiro atoms. The molecule has 0 fully saturated rings. The molecule has 0 atom stereocenters. The Bertz CT molecular complexity index is 679. The summed E-state index contributed by atoms with van der Waals surface area (Å²) in [4.78, 5) is 20.5. The van der Waals surface area contributed by atoms with Crippen molar-refractivity contribution in [3.05, 3.63) is 53.5 Å². The highest BCUT2D eigenvalue weighted by atomic mass is 16.4. The van der Waals surface area contributed by atoms with E-state index in [1.807, 2.05) is 6.07 Å². The van der Waals surface area contributed by atoms with E-state index in [0.29, 0.717) is 17.9 Å². The Hall–Kier alpha value is -2.94. The van der Waals surface area contributed by atoms with Gasteiger partial charge in [-0.3, -0.25) is 4.98 Å². The molecule has 1 N–H and O–H groups in total. The van der Waals surface area contributed by atoms with Crippen LogP contribution in [0.4, 0.5) is 5.82 Å². The van der Waals surface area contributed by atoms with Crippen molar-refractivity contribution in [1.82, 2.24) is 9.97 Å². The number of carboxylic acids is 1. The number of benzene rings is 1. The second-order valence-electron chi connectivity index (χ2n) is 4.24. The maximum atomic E-state index is 10.9. The molecule has 0 aliphatic heterocycles. The molecule has 0 aliphatic rings. The molecule has 0 saturated carbocycles. The first-order chi connectivity index (χ1) is 9.60. The van der Waals surface area contributed by atoms with Crippen LogP contribution in [-0.2, 0) is 6.54 Å². The van der Waals surface area contributed by atoms with E-state index >= 15 is 0 Å². The normalized spacial score (nSPS) is 9.80. The van der Waals surface area contributed by atoms with Gasteiger partial charge in [-0.05, 0) is 17.7 Å². The van der Waals surface area contributed by atoms with E-state index < -0.39 is 5.97 Å². The molecule has 0 radical (unpaired) electrons. The summed E-state index contributed by atoms with van der Waals surface area (Å²) in [6, 6.07) is 9.29. The smallest absolute Gasteiger partial charge is 0.356 e. The molecular formula is C14H12N4O2. The second kappa shape index (κ2) is 5.80. The number of nitriles is 1. The van der Waals surface area contributed by atoms with Gasteiger partial charge >= 0.3 is 5.97 Å². The fourth-order valence-electron chi connectivity index (χ4n) is 1.74. The zero-order valence-electron chi connectivity index (χ0n) is 10.8. The molecule has 1 heterocycles. The molecule has 1 aromatic carbocycles. The van der Waals surface area contributed by atoms with Crippen molar-refractivity contribution >= 4 is 11.8 Å². The first-order valence-corrected chi connectivity index (χ1v) is 5.85. The highest BCUT2D eigenvalue weighted by Gasteiger charge is 2.09. The third-order valence-electron chi connectivity index (χ3n) is 2.71. The predicted octanol–water partition coefficient (Wildman–Crippen LogP) is 1.68. The van der Waals surface area contributed by atoms with Crippen molar-refractivity contribution < 1.29 is 9.90 Å². The van der Waals surface area contributed by atoms with Gasteiger partial charge in [-0.25, -0.2) is 9.78 Å². The van der Waals surface area contributed by atoms with E-state index in [2.05, 4.69) is 16.0 Å². The number of nitrogens with zero attached hydrogens (tertiary/aromatic N) is 4. The first kappa shape index (κ1) is 13.5. The highest BCUT2D eigenvalue weighted by Crippen LogP contribution is 2.13. The van der Waals surface area contributed by atoms with Crippen molar-refractivity contribution in [2.45, 2.75) is 6.54 Å². The summed E-state index contributed by atoms with van der Waals surface area (Å²) in [6.45, 7) is 0.507. The topological polar surface area (TPSA) is 90.1 Å². The molecule has 0 unspecified atom stereocenters. The number of aromatic carboxylic acids is 1. The maximum absolute atomic E-state index is 10.9. The lowest BCUT2D eigenvalue weighted by Gasteiger charge is -2.18. The summed E-state index contributed by atoms with van der Waals surface area (Å²) in [5.74, 6) is -0.647. The highest BCUT2D eigenvalue weighted by molar-refractivity contribution is 5.85. The van der Waals surface area contributed by atoms with Gasteiger partial charge in [0.1, 0.15) is 5.82 Å². The van der Waals surface area contributed by atoms with Crippen LogP contribution >= 0.6 is 0 Å². The molecule has 2 rings (SSSR count). The molecule has 0 amide bonds. The molecule has 0 aliphatic carbocycles. The van der Waals surface area contributed by atoms with Crippen molar-refractivity contribution in [3.8, 4) is 6.07 Å². The van der Waals surface area contributed by atoms with E-state index in [4.69, 9.17) is 10.4 Å². The minimum atomic E-state index is -1.11. The number of carbonyl (C=O) groups is 1. The minimum Gasteiger partial charge on any atom is -0.476 e. The van der Waals surface area contributed by atoms with Crippen LogP contribution in [0.5, 0.6) is 0 Å². The minimum absolute atomic E-state index is 0.0971. The quantitative estimate of drug-likeness (QED) is 0.907. The Morgan fingerprint density at radius 2 is 2.25 bits per heavy atom. The lowest BCUT2D eigenvalue weighted by molar-refractivity contribution is 0.0690. The Morgan fingerprint density at radius 3 is 2.95 bits per heavy atom. The fraction of sp³-hybridized carbons (Fsp3) is 0.143. The zero-order valence-corrected chi connectivity index (χ0v) is 10.8. The average molecular weight is 268 g/mol. The molecule has 0 bridgehead atoms. The summed E-state index contributed by atoms with van der Waals surface area (Å²) < 4.78 is 0. The summed E-state index contributed by atoms with van der Waals surface area (Å²) >= 11 is 0. The monoisotopic (exact) mass is 268 g/mol. The maximum Gasteiger partial charge on any atom is 0.356 e. The Balaban J connectivity index is 2.19. The van der Waals surface area contributed by atoms with Gasteiger partial charge in [-0.2, -0.15) is 5.26 Å². The van der Waals surface area contributed by atoms with Gasteiger partial charge in [0.2, 0.25) is 0 Å². The van der Waals surface area contributed by atoms with Gasteiger partial charge in [-0.1, -0.05) is 12.1 Å². The standard InChI is InChI=1S/C14H12N4O2/c1-18(9-11-4-2-3-10(5-11)6-15)13-8-16-7-12(17-13)14(19)20/h2-5,7-8H,9H2,1H3,(H,19,20). The molecule has 6 heteroatoms. The van der Waals surface area contributed by atoms with Crippen LogP contribution in [0.15, 0.2) is 36.7 Å². The summed E-state index contributed by atoms with van der Waals surface area (Å²) in [5.41, 5.74) is 1.43. The third-order valence-corrected chi connectivity index (χ3v) is 2.71. The van der Waals surface area contributed by atoms with Gasteiger partial charge in [0, 0.05) is 13.6 Å². The average Bonchev–Trinajstić information content (AvgIpc) is 2.47. The number of aromatic nitrogens is 2. The SMILES string of the molecule is CN(Cc1cccc(C#N)c1)c1cncc(C(=O)O)n1. The van der Waals surface area contributed by atoms with Crippen molar-refractivity contribution in [3.63, 3.8) is 0 Å². The molecule has 20 heavy (non-hydrogen) atoms. The van der Waals surface area contributed by atoms with Crippen LogP contribution in [0.1, 0.15) is 21.6 Å².